The van der Waals surface area contributed by atoms with Gasteiger partial charge in [0, 0.05) is 32.6 Å². The van der Waals surface area contributed by atoms with Crippen molar-refractivity contribution >= 4 is 15.9 Å². The second kappa shape index (κ2) is 6.46. The summed E-state index contributed by atoms with van der Waals surface area (Å²) in [4.78, 5) is 11.2. The van der Waals surface area contributed by atoms with Crippen molar-refractivity contribution in [2.45, 2.75) is 50.1 Å². The second-order valence-electron chi connectivity index (χ2n) is 7.13. The molecule has 1 aromatic rings. The molecule has 3 rings (SSSR count). The van der Waals surface area contributed by atoms with Crippen LogP contribution in [-0.2, 0) is 21.4 Å². The smallest absolute Gasteiger partial charge is 0.243 e. The molecule has 1 aliphatic heterocycles. The van der Waals surface area contributed by atoms with E-state index in [1.807, 2.05) is 0 Å². The molecule has 24 heavy (non-hydrogen) atoms. The van der Waals surface area contributed by atoms with Gasteiger partial charge in [-0.05, 0) is 48.8 Å². The third-order valence-corrected chi connectivity index (χ3v) is 7.19. The third-order valence-electron chi connectivity index (χ3n) is 5.28. The van der Waals surface area contributed by atoms with Gasteiger partial charge in [-0.25, -0.2) is 8.42 Å². The molecule has 2 fully saturated rings. The van der Waals surface area contributed by atoms with E-state index in [4.69, 9.17) is 5.73 Å². The molecule has 1 spiro atoms. The molecule has 0 bridgehead atoms. The van der Waals surface area contributed by atoms with Crippen LogP contribution in [0.15, 0.2) is 29.2 Å². The molecule has 2 aliphatic rings. The maximum absolute atomic E-state index is 12.8. The van der Waals surface area contributed by atoms with Crippen LogP contribution in [0.5, 0.6) is 0 Å². The van der Waals surface area contributed by atoms with E-state index in [2.05, 4.69) is 5.32 Å². The summed E-state index contributed by atoms with van der Waals surface area (Å²) in [5, 5.41) is 2.70. The van der Waals surface area contributed by atoms with E-state index in [-0.39, 0.29) is 11.3 Å². The summed E-state index contributed by atoms with van der Waals surface area (Å²) in [6, 6.07) is 7.04. The molecule has 1 aliphatic carbocycles. The Kier molecular flexibility index (Phi) is 4.68. The SMILES string of the molecule is CC(=O)NCc1ccc(S(=O)(=O)N2CCC3(CC2)CC(N)C3)cc1. The molecule has 3 N–H and O–H groups in total. The zero-order valence-corrected chi connectivity index (χ0v) is 14.8. The lowest BCUT2D eigenvalue weighted by atomic mass is 9.61. The van der Waals surface area contributed by atoms with Gasteiger partial charge in [-0.2, -0.15) is 4.31 Å². The van der Waals surface area contributed by atoms with E-state index >= 15 is 0 Å². The van der Waals surface area contributed by atoms with Crippen LogP contribution in [0, 0.1) is 5.41 Å². The molecule has 132 valence electrons. The monoisotopic (exact) mass is 351 g/mol. The zero-order chi connectivity index (χ0) is 17.4. The lowest BCUT2D eigenvalue weighted by Gasteiger charge is -2.50. The fraction of sp³-hybridized carbons (Fsp3) is 0.588. The van der Waals surface area contributed by atoms with Crippen molar-refractivity contribution in [1.82, 2.24) is 9.62 Å². The van der Waals surface area contributed by atoms with Gasteiger partial charge in [-0.1, -0.05) is 12.1 Å². The third kappa shape index (κ3) is 3.48. The van der Waals surface area contributed by atoms with Crippen LogP contribution in [-0.4, -0.2) is 37.8 Å². The van der Waals surface area contributed by atoms with Gasteiger partial charge < -0.3 is 11.1 Å². The summed E-state index contributed by atoms with van der Waals surface area (Å²) in [5.41, 5.74) is 7.06. The Labute approximate surface area is 143 Å². The fourth-order valence-electron chi connectivity index (χ4n) is 3.82. The summed E-state index contributed by atoms with van der Waals surface area (Å²) in [6.07, 6.45) is 3.86. The number of carbonyl (C=O) groups excluding carboxylic acids is 1. The lowest BCUT2D eigenvalue weighted by Crippen LogP contribution is -2.52. The van der Waals surface area contributed by atoms with Crippen molar-refractivity contribution in [1.29, 1.82) is 0 Å². The van der Waals surface area contributed by atoms with Gasteiger partial charge in [-0.15, -0.1) is 0 Å². The van der Waals surface area contributed by atoms with Crippen LogP contribution >= 0.6 is 0 Å². The summed E-state index contributed by atoms with van der Waals surface area (Å²) in [7, 11) is -3.44. The predicted molar refractivity (Wildman–Crippen MR) is 91.6 cm³/mol. The zero-order valence-electron chi connectivity index (χ0n) is 14.0. The van der Waals surface area contributed by atoms with E-state index in [1.54, 1.807) is 28.6 Å². The van der Waals surface area contributed by atoms with Crippen LogP contribution in [0.3, 0.4) is 0 Å². The highest BCUT2D eigenvalue weighted by molar-refractivity contribution is 7.89. The van der Waals surface area contributed by atoms with E-state index in [1.165, 1.54) is 6.92 Å². The first-order valence-corrected chi connectivity index (χ1v) is 9.84. The first-order chi connectivity index (χ1) is 11.3. The minimum absolute atomic E-state index is 0.107. The van der Waals surface area contributed by atoms with Crippen molar-refractivity contribution in [3.8, 4) is 0 Å². The number of piperidine rings is 1. The van der Waals surface area contributed by atoms with E-state index in [0.717, 1.165) is 31.2 Å². The molecule has 1 amide bonds. The van der Waals surface area contributed by atoms with Crippen molar-refractivity contribution in [3.63, 3.8) is 0 Å². The second-order valence-corrected chi connectivity index (χ2v) is 9.06. The van der Waals surface area contributed by atoms with Crippen LogP contribution in [0.25, 0.3) is 0 Å². The number of rotatable bonds is 4. The Hall–Kier alpha value is -1.44. The van der Waals surface area contributed by atoms with Gasteiger partial charge in [0.05, 0.1) is 4.90 Å². The maximum Gasteiger partial charge on any atom is 0.243 e. The predicted octanol–water partition coefficient (Wildman–Crippen LogP) is 1.21. The number of hydrogen-bond acceptors (Lipinski definition) is 4. The molecule has 7 heteroatoms. The number of nitrogens with zero attached hydrogens (tertiary/aromatic N) is 1. The Morgan fingerprint density at radius 2 is 1.83 bits per heavy atom. The molecule has 0 unspecified atom stereocenters. The number of carbonyl (C=O) groups is 1. The Bertz CT molecular complexity index is 699. The number of amides is 1. The number of nitrogens with two attached hydrogens (primary N) is 1. The molecule has 0 atom stereocenters. The lowest BCUT2D eigenvalue weighted by molar-refractivity contribution is -0.119. The normalized spacial score (nSPS) is 21.4. The van der Waals surface area contributed by atoms with Gasteiger partial charge in [0.25, 0.3) is 0 Å². The Morgan fingerprint density at radius 1 is 1.25 bits per heavy atom. The van der Waals surface area contributed by atoms with Gasteiger partial charge in [-0.3, -0.25) is 4.79 Å². The molecule has 1 aromatic carbocycles. The molecule has 1 heterocycles. The molecule has 0 aromatic heterocycles. The summed E-state index contributed by atoms with van der Waals surface area (Å²) >= 11 is 0. The summed E-state index contributed by atoms with van der Waals surface area (Å²) < 4.78 is 27.1. The topological polar surface area (TPSA) is 92.5 Å². The highest BCUT2D eigenvalue weighted by atomic mass is 32.2. The standard InChI is InChI=1S/C17H25N3O3S/c1-13(21)19-12-14-2-4-16(5-3-14)24(22,23)20-8-6-17(7-9-20)10-15(18)11-17/h2-5,15H,6-12,18H2,1H3,(H,19,21). The maximum atomic E-state index is 12.8. The average molecular weight is 351 g/mol. The van der Waals surface area contributed by atoms with Crippen LogP contribution in [0.2, 0.25) is 0 Å². The first kappa shape index (κ1) is 17.4. The van der Waals surface area contributed by atoms with E-state index in [0.29, 0.717) is 30.6 Å². The van der Waals surface area contributed by atoms with Crippen LogP contribution in [0.4, 0.5) is 0 Å². The number of benzene rings is 1. The highest BCUT2D eigenvalue weighted by Gasteiger charge is 2.45. The number of sulfonamides is 1. The first-order valence-electron chi connectivity index (χ1n) is 8.40. The van der Waals surface area contributed by atoms with Crippen molar-refractivity contribution in [3.05, 3.63) is 29.8 Å². The minimum atomic E-state index is -3.44. The number of hydrogen-bond donors (Lipinski definition) is 2. The molecular formula is C17H25N3O3S. The summed E-state index contributed by atoms with van der Waals surface area (Å²) in [5.74, 6) is -0.107. The minimum Gasteiger partial charge on any atom is -0.352 e. The molecule has 1 saturated heterocycles. The molecular weight excluding hydrogens is 326 g/mol. The largest absolute Gasteiger partial charge is 0.352 e. The quantitative estimate of drug-likeness (QED) is 0.853. The van der Waals surface area contributed by atoms with Crippen molar-refractivity contribution in [2.75, 3.05) is 13.1 Å². The van der Waals surface area contributed by atoms with Gasteiger partial charge in [0.2, 0.25) is 15.9 Å². The fourth-order valence-corrected chi connectivity index (χ4v) is 5.26. The van der Waals surface area contributed by atoms with Crippen molar-refractivity contribution in [2.24, 2.45) is 11.1 Å². The molecule has 6 nitrogen and oxygen atoms in total. The molecule has 0 radical (unpaired) electrons. The van der Waals surface area contributed by atoms with Crippen LogP contribution < -0.4 is 11.1 Å². The van der Waals surface area contributed by atoms with Gasteiger partial charge in [0.1, 0.15) is 0 Å². The van der Waals surface area contributed by atoms with Gasteiger partial charge >= 0.3 is 0 Å². The summed E-state index contributed by atoms with van der Waals surface area (Å²) in [6.45, 7) is 3.00. The van der Waals surface area contributed by atoms with E-state index < -0.39 is 10.0 Å². The van der Waals surface area contributed by atoms with Gasteiger partial charge in [0.15, 0.2) is 0 Å². The average Bonchev–Trinajstić information content (AvgIpc) is 2.52. The number of nitrogens with one attached hydrogen (secondary N) is 1. The van der Waals surface area contributed by atoms with Crippen LogP contribution in [0.1, 0.15) is 38.2 Å². The highest BCUT2D eigenvalue weighted by Crippen LogP contribution is 2.48. The van der Waals surface area contributed by atoms with E-state index in [9.17, 15) is 13.2 Å². The van der Waals surface area contributed by atoms with Crippen molar-refractivity contribution < 1.29 is 13.2 Å². The Balaban J connectivity index is 1.64. The Morgan fingerprint density at radius 3 is 2.33 bits per heavy atom. The molecule has 1 saturated carbocycles.